The highest BCUT2D eigenvalue weighted by Gasteiger charge is 2.09. The number of para-hydroxylation sites is 2. The van der Waals surface area contributed by atoms with E-state index < -0.39 is 6.10 Å². The Labute approximate surface area is 190 Å². The van der Waals surface area contributed by atoms with Gasteiger partial charge in [0.15, 0.2) is 23.0 Å². The zero-order valence-corrected chi connectivity index (χ0v) is 19.0. The lowest BCUT2D eigenvalue weighted by molar-refractivity contribution is 0.102. The van der Waals surface area contributed by atoms with E-state index in [9.17, 15) is 5.11 Å². The SMILES string of the molecule is C=CCOc1ccccc1OCC(O)CNC(C)C.Cl.NCCc1ccc(O)c(O)c1. The summed E-state index contributed by atoms with van der Waals surface area (Å²) < 4.78 is 11.1. The first-order valence-corrected chi connectivity index (χ1v) is 9.95. The van der Waals surface area contributed by atoms with Gasteiger partial charge in [-0.15, -0.1) is 12.4 Å². The first kappa shape index (κ1) is 28.5. The molecule has 0 aromatic heterocycles. The van der Waals surface area contributed by atoms with Gasteiger partial charge in [-0.05, 0) is 42.8 Å². The number of phenolic OH excluding ortho intramolecular Hbond substituents is 2. The van der Waals surface area contributed by atoms with E-state index in [1.165, 1.54) is 12.1 Å². The predicted octanol–water partition coefficient (Wildman–Crippen LogP) is 3.01. The monoisotopic (exact) mass is 454 g/mol. The van der Waals surface area contributed by atoms with Gasteiger partial charge in [0.1, 0.15) is 19.3 Å². The number of aliphatic hydroxyl groups excluding tert-OH is 1. The van der Waals surface area contributed by atoms with Crippen molar-refractivity contribution in [2.45, 2.75) is 32.4 Å². The molecule has 174 valence electrons. The van der Waals surface area contributed by atoms with Crippen LogP contribution in [0.1, 0.15) is 19.4 Å². The molecule has 2 rings (SSSR count). The van der Waals surface area contributed by atoms with Crippen LogP contribution >= 0.6 is 12.4 Å². The van der Waals surface area contributed by atoms with Crippen LogP contribution in [0, 0.1) is 0 Å². The standard InChI is InChI=1S/C15H23NO3.C8H11NO2.ClH/c1-4-9-18-14-7-5-6-8-15(14)19-11-13(17)10-16-12(2)3;9-4-3-6-1-2-7(10)8(11)5-6;/h4-8,12-13,16-17H,1,9-11H2,2-3H3;1-2,5,10-11H,3-4,9H2;1H. The number of phenols is 2. The van der Waals surface area contributed by atoms with Crippen LogP contribution in [0.2, 0.25) is 0 Å². The molecule has 7 nitrogen and oxygen atoms in total. The van der Waals surface area contributed by atoms with Gasteiger partial charge in [-0.3, -0.25) is 0 Å². The third-order valence-corrected chi connectivity index (χ3v) is 3.87. The fraction of sp³-hybridized carbons (Fsp3) is 0.391. The summed E-state index contributed by atoms with van der Waals surface area (Å²) in [5, 5.41) is 30.9. The van der Waals surface area contributed by atoms with E-state index >= 15 is 0 Å². The maximum absolute atomic E-state index is 9.78. The molecule has 0 saturated heterocycles. The van der Waals surface area contributed by atoms with E-state index in [2.05, 4.69) is 11.9 Å². The van der Waals surface area contributed by atoms with Crippen molar-refractivity contribution >= 4 is 12.4 Å². The summed E-state index contributed by atoms with van der Waals surface area (Å²) in [4.78, 5) is 0. The number of hydrogen-bond acceptors (Lipinski definition) is 7. The third-order valence-electron chi connectivity index (χ3n) is 3.87. The molecular weight excluding hydrogens is 420 g/mol. The van der Waals surface area contributed by atoms with E-state index in [-0.39, 0.29) is 30.5 Å². The highest BCUT2D eigenvalue weighted by atomic mass is 35.5. The minimum atomic E-state index is -0.546. The summed E-state index contributed by atoms with van der Waals surface area (Å²) in [5.41, 5.74) is 6.24. The number of ether oxygens (including phenoxy) is 2. The molecule has 0 aliphatic rings. The van der Waals surface area contributed by atoms with Crippen LogP contribution in [-0.2, 0) is 6.42 Å². The predicted molar refractivity (Wildman–Crippen MR) is 127 cm³/mol. The molecule has 0 saturated carbocycles. The highest BCUT2D eigenvalue weighted by Crippen LogP contribution is 2.26. The van der Waals surface area contributed by atoms with Gasteiger partial charge >= 0.3 is 0 Å². The molecule has 1 atom stereocenters. The Morgan fingerprint density at radius 3 is 2.26 bits per heavy atom. The Morgan fingerprint density at radius 2 is 1.71 bits per heavy atom. The van der Waals surface area contributed by atoms with Gasteiger partial charge in [0, 0.05) is 12.6 Å². The van der Waals surface area contributed by atoms with Gasteiger partial charge in [0.05, 0.1) is 0 Å². The van der Waals surface area contributed by atoms with Crippen LogP contribution in [0.25, 0.3) is 0 Å². The number of aliphatic hydroxyl groups is 1. The Balaban J connectivity index is 0.000000640. The molecule has 2 aromatic carbocycles. The van der Waals surface area contributed by atoms with Gasteiger partial charge in [0.25, 0.3) is 0 Å². The topological polar surface area (TPSA) is 117 Å². The molecule has 0 aliphatic carbocycles. The third kappa shape index (κ3) is 12.1. The lowest BCUT2D eigenvalue weighted by atomic mass is 10.1. The van der Waals surface area contributed by atoms with Crippen molar-refractivity contribution in [3.05, 3.63) is 60.7 Å². The average molecular weight is 455 g/mol. The minimum absolute atomic E-state index is 0. The van der Waals surface area contributed by atoms with Gasteiger partial charge in [-0.2, -0.15) is 0 Å². The summed E-state index contributed by atoms with van der Waals surface area (Å²) >= 11 is 0. The maximum atomic E-state index is 9.78. The number of nitrogens with one attached hydrogen (secondary N) is 1. The van der Waals surface area contributed by atoms with Crippen molar-refractivity contribution in [2.75, 3.05) is 26.3 Å². The molecule has 31 heavy (non-hydrogen) atoms. The van der Waals surface area contributed by atoms with E-state index in [0.29, 0.717) is 43.7 Å². The summed E-state index contributed by atoms with van der Waals surface area (Å²) in [7, 11) is 0. The molecule has 6 N–H and O–H groups in total. The van der Waals surface area contributed by atoms with Crippen LogP contribution in [0.3, 0.4) is 0 Å². The summed E-state index contributed by atoms with van der Waals surface area (Å²) in [6.07, 6.45) is 1.85. The quantitative estimate of drug-likeness (QED) is 0.261. The van der Waals surface area contributed by atoms with Gasteiger partial charge < -0.3 is 35.8 Å². The van der Waals surface area contributed by atoms with Crippen molar-refractivity contribution in [3.63, 3.8) is 0 Å². The lowest BCUT2D eigenvalue weighted by Crippen LogP contribution is -2.35. The molecule has 2 aromatic rings. The molecule has 0 bridgehead atoms. The van der Waals surface area contributed by atoms with E-state index in [1.807, 2.05) is 38.1 Å². The molecule has 0 amide bonds. The Kier molecular flexibility index (Phi) is 15.0. The molecule has 0 heterocycles. The van der Waals surface area contributed by atoms with Crippen LogP contribution in [0.4, 0.5) is 0 Å². The fourth-order valence-corrected chi connectivity index (χ4v) is 2.35. The first-order chi connectivity index (χ1) is 14.4. The summed E-state index contributed by atoms with van der Waals surface area (Å²) in [6.45, 7) is 9.39. The zero-order valence-electron chi connectivity index (χ0n) is 18.2. The van der Waals surface area contributed by atoms with E-state index in [1.54, 1.807) is 12.1 Å². The van der Waals surface area contributed by atoms with E-state index in [4.69, 9.17) is 25.4 Å². The molecule has 0 spiro atoms. The minimum Gasteiger partial charge on any atom is -0.504 e. The number of benzene rings is 2. The Morgan fingerprint density at radius 1 is 1.06 bits per heavy atom. The second kappa shape index (κ2) is 16.3. The molecule has 0 aliphatic heterocycles. The number of aromatic hydroxyl groups is 2. The smallest absolute Gasteiger partial charge is 0.161 e. The number of halogens is 1. The van der Waals surface area contributed by atoms with Crippen LogP contribution in [0.5, 0.6) is 23.0 Å². The molecule has 1 unspecified atom stereocenters. The largest absolute Gasteiger partial charge is 0.504 e. The second-order valence-electron chi connectivity index (χ2n) is 6.94. The summed E-state index contributed by atoms with van der Waals surface area (Å²) in [6, 6.07) is 12.5. The maximum Gasteiger partial charge on any atom is 0.161 e. The van der Waals surface area contributed by atoms with Crippen molar-refractivity contribution < 1.29 is 24.8 Å². The van der Waals surface area contributed by atoms with Crippen molar-refractivity contribution in [1.82, 2.24) is 5.32 Å². The highest BCUT2D eigenvalue weighted by molar-refractivity contribution is 5.85. The van der Waals surface area contributed by atoms with Crippen molar-refractivity contribution in [2.24, 2.45) is 5.73 Å². The van der Waals surface area contributed by atoms with Crippen LogP contribution in [0.15, 0.2) is 55.1 Å². The summed E-state index contributed by atoms with van der Waals surface area (Å²) in [5.74, 6) is 1.11. The number of rotatable bonds is 11. The van der Waals surface area contributed by atoms with Gasteiger partial charge in [-0.25, -0.2) is 0 Å². The molecular formula is C23H35ClN2O5. The zero-order chi connectivity index (χ0) is 22.4. The number of hydrogen-bond donors (Lipinski definition) is 5. The second-order valence-corrected chi connectivity index (χ2v) is 6.94. The van der Waals surface area contributed by atoms with E-state index in [0.717, 1.165) is 5.56 Å². The fourth-order valence-electron chi connectivity index (χ4n) is 2.35. The Hall–Kier alpha value is -2.45. The average Bonchev–Trinajstić information content (AvgIpc) is 2.73. The molecule has 0 fully saturated rings. The van der Waals surface area contributed by atoms with Crippen molar-refractivity contribution in [3.8, 4) is 23.0 Å². The van der Waals surface area contributed by atoms with Crippen LogP contribution < -0.4 is 20.5 Å². The van der Waals surface area contributed by atoms with Crippen LogP contribution in [-0.4, -0.2) is 53.8 Å². The van der Waals surface area contributed by atoms with Gasteiger partial charge in [0.2, 0.25) is 0 Å². The van der Waals surface area contributed by atoms with Crippen molar-refractivity contribution in [1.29, 1.82) is 0 Å². The first-order valence-electron chi connectivity index (χ1n) is 9.95. The van der Waals surface area contributed by atoms with Gasteiger partial charge in [-0.1, -0.05) is 44.7 Å². The lowest BCUT2D eigenvalue weighted by Gasteiger charge is -2.16. The Bertz CT molecular complexity index is 758. The number of nitrogens with two attached hydrogens (primary N) is 1. The normalized spacial score (nSPS) is 11.0. The molecule has 0 radical (unpaired) electrons. The molecule has 8 heteroatoms.